The molecule has 2 aromatic heterocycles. The van der Waals surface area contributed by atoms with Crippen molar-refractivity contribution < 1.29 is 12.3 Å². The third kappa shape index (κ3) is 1.32. The number of nitrogens with one attached hydrogen (secondary N) is 1. The molecule has 0 amide bonds. The van der Waals surface area contributed by atoms with Crippen LogP contribution in [-0.4, -0.2) is 18.4 Å². The first-order chi connectivity index (χ1) is 6.50. The van der Waals surface area contributed by atoms with Gasteiger partial charge in [-0.05, 0) is 0 Å². The molecular formula is C6H3FN2O3S2. The van der Waals surface area contributed by atoms with E-state index in [2.05, 4.69) is 9.97 Å². The summed E-state index contributed by atoms with van der Waals surface area (Å²) in [4.78, 5) is 16.4. The fourth-order valence-electron chi connectivity index (χ4n) is 1.01. The van der Waals surface area contributed by atoms with Gasteiger partial charge < -0.3 is 4.98 Å². The number of H-pyrrole nitrogens is 1. The lowest BCUT2D eigenvalue weighted by Crippen LogP contribution is -2.04. The van der Waals surface area contributed by atoms with Crippen molar-refractivity contribution in [1.29, 1.82) is 0 Å². The molecule has 0 saturated carbocycles. The molecule has 0 aliphatic rings. The van der Waals surface area contributed by atoms with Gasteiger partial charge in [0.15, 0.2) is 0 Å². The summed E-state index contributed by atoms with van der Waals surface area (Å²) < 4.78 is 34.0. The summed E-state index contributed by atoms with van der Waals surface area (Å²) in [6, 6.07) is 0. The minimum atomic E-state index is -4.81. The fourth-order valence-corrected chi connectivity index (χ4v) is 2.84. The maximum absolute atomic E-state index is 12.6. The third-order valence-electron chi connectivity index (χ3n) is 1.59. The molecule has 8 heteroatoms. The first-order valence-corrected chi connectivity index (χ1v) is 5.66. The van der Waals surface area contributed by atoms with Crippen molar-refractivity contribution in [1.82, 2.24) is 9.97 Å². The summed E-state index contributed by atoms with van der Waals surface area (Å²) in [5.41, 5.74) is -0.601. The minimum Gasteiger partial charge on any atom is -0.312 e. The van der Waals surface area contributed by atoms with Crippen molar-refractivity contribution >= 4 is 31.8 Å². The number of aromatic nitrogens is 2. The molecule has 14 heavy (non-hydrogen) atoms. The van der Waals surface area contributed by atoms with Crippen LogP contribution in [0.3, 0.4) is 0 Å². The van der Waals surface area contributed by atoms with Gasteiger partial charge in [-0.15, -0.1) is 15.2 Å². The number of hydrogen-bond acceptors (Lipinski definition) is 5. The number of nitrogens with zero attached hydrogens (tertiary/aromatic N) is 1. The average Bonchev–Trinajstić information content (AvgIpc) is 2.47. The molecule has 0 saturated heterocycles. The van der Waals surface area contributed by atoms with Gasteiger partial charge in [0.25, 0.3) is 5.56 Å². The maximum Gasteiger partial charge on any atom is 0.335 e. The van der Waals surface area contributed by atoms with Crippen LogP contribution in [-0.2, 0) is 10.2 Å². The molecule has 0 spiro atoms. The zero-order valence-electron chi connectivity index (χ0n) is 6.52. The topological polar surface area (TPSA) is 79.9 Å². The van der Waals surface area contributed by atoms with Gasteiger partial charge in [0.2, 0.25) is 0 Å². The van der Waals surface area contributed by atoms with Gasteiger partial charge in [-0.25, -0.2) is 4.98 Å². The van der Waals surface area contributed by atoms with Gasteiger partial charge in [-0.3, -0.25) is 4.79 Å². The first-order valence-electron chi connectivity index (χ1n) is 3.39. The summed E-state index contributed by atoms with van der Waals surface area (Å²) in [6.07, 6.45) is 1.03. The smallest absolute Gasteiger partial charge is 0.312 e. The van der Waals surface area contributed by atoms with Gasteiger partial charge in [-0.1, -0.05) is 0 Å². The van der Waals surface area contributed by atoms with Crippen LogP contribution in [0.1, 0.15) is 0 Å². The van der Waals surface area contributed by atoms with E-state index in [1.165, 1.54) is 0 Å². The Morgan fingerprint density at radius 3 is 2.86 bits per heavy atom. The summed E-state index contributed by atoms with van der Waals surface area (Å²) in [5, 5.41) is 1.06. The predicted molar refractivity (Wildman–Crippen MR) is 48.5 cm³/mol. The molecule has 74 valence electrons. The van der Waals surface area contributed by atoms with Gasteiger partial charge in [0.1, 0.15) is 15.1 Å². The molecule has 5 nitrogen and oxygen atoms in total. The largest absolute Gasteiger partial charge is 0.335 e. The average molecular weight is 234 g/mol. The van der Waals surface area contributed by atoms with E-state index >= 15 is 0 Å². The SMILES string of the molecule is O=c1[nH]cnc2c(S(=O)(=O)F)csc12. The second kappa shape index (κ2) is 2.85. The fraction of sp³-hybridized carbons (Fsp3) is 0. The second-order valence-corrected chi connectivity index (χ2v) is 4.64. The molecule has 0 bridgehead atoms. The Labute approximate surface area is 81.4 Å². The van der Waals surface area contributed by atoms with Crippen molar-refractivity contribution in [2.75, 3.05) is 0 Å². The molecule has 1 N–H and O–H groups in total. The van der Waals surface area contributed by atoms with E-state index in [0.717, 1.165) is 23.0 Å². The molecule has 0 radical (unpaired) electrons. The standard InChI is InChI=1S/C6H3FN2O3S2/c7-14(11,12)3-1-13-5-4(3)8-2-9-6(5)10/h1-2H,(H,8,9,10). The molecule has 0 fully saturated rings. The van der Waals surface area contributed by atoms with E-state index in [9.17, 15) is 17.1 Å². The van der Waals surface area contributed by atoms with Crippen molar-refractivity contribution in [2.45, 2.75) is 4.90 Å². The van der Waals surface area contributed by atoms with Gasteiger partial charge >= 0.3 is 10.2 Å². The van der Waals surface area contributed by atoms with E-state index in [0.29, 0.717) is 0 Å². The zero-order valence-corrected chi connectivity index (χ0v) is 8.15. The highest BCUT2D eigenvalue weighted by atomic mass is 32.3. The van der Waals surface area contributed by atoms with Crippen LogP contribution in [0.4, 0.5) is 3.89 Å². The summed E-state index contributed by atoms with van der Waals surface area (Å²) in [6.45, 7) is 0. The molecule has 2 aromatic rings. The van der Waals surface area contributed by atoms with Crippen LogP contribution in [0.15, 0.2) is 21.4 Å². The second-order valence-electron chi connectivity index (χ2n) is 2.45. The number of rotatable bonds is 1. The zero-order chi connectivity index (χ0) is 10.3. The Morgan fingerprint density at radius 2 is 2.21 bits per heavy atom. The summed E-state index contributed by atoms with van der Waals surface area (Å²) >= 11 is 0.842. The lowest BCUT2D eigenvalue weighted by atomic mass is 10.5. The highest BCUT2D eigenvalue weighted by Crippen LogP contribution is 2.25. The highest BCUT2D eigenvalue weighted by Gasteiger charge is 2.19. The Bertz CT molecular complexity index is 642. The van der Waals surface area contributed by atoms with Crippen molar-refractivity contribution in [3.8, 4) is 0 Å². The third-order valence-corrected chi connectivity index (χ3v) is 3.54. The van der Waals surface area contributed by atoms with Crippen LogP contribution < -0.4 is 5.56 Å². The number of aromatic amines is 1. The lowest BCUT2D eigenvalue weighted by molar-refractivity contribution is 0.553. The Morgan fingerprint density at radius 1 is 1.50 bits per heavy atom. The van der Waals surface area contributed by atoms with Crippen molar-refractivity contribution in [3.05, 3.63) is 22.1 Å². The molecule has 0 unspecified atom stereocenters. The molecule has 0 aliphatic heterocycles. The number of fused-ring (bicyclic) bond motifs is 1. The maximum atomic E-state index is 12.6. The predicted octanol–water partition coefficient (Wildman–Crippen LogP) is 0.643. The normalized spacial score (nSPS) is 12.1. The number of halogens is 1. The monoisotopic (exact) mass is 234 g/mol. The van der Waals surface area contributed by atoms with Crippen LogP contribution in [0, 0.1) is 0 Å². The van der Waals surface area contributed by atoms with Gasteiger partial charge in [0.05, 0.1) is 6.33 Å². The van der Waals surface area contributed by atoms with E-state index in [4.69, 9.17) is 0 Å². The van der Waals surface area contributed by atoms with Crippen molar-refractivity contribution in [2.24, 2.45) is 0 Å². The first kappa shape index (κ1) is 9.28. The molecule has 0 aliphatic carbocycles. The molecule has 0 aromatic carbocycles. The molecular weight excluding hydrogens is 231 g/mol. The van der Waals surface area contributed by atoms with Crippen LogP contribution in [0.2, 0.25) is 0 Å². The van der Waals surface area contributed by atoms with Crippen LogP contribution in [0.5, 0.6) is 0 Å². The van der Waals surface area contributed by atoms with E-state index < -0.39 is 20.7 Å². The quantitative estimate of drug-likeness (QED) is 0.734. The van der Waals surface area contributed by atoms with Crippen LogP contribution in [0.25, 0.3) is 10.2 Å². The number of hydrogen-bond donors (Lipinski definition) is 1. The lowest BCUT2D eigenvalue weighted by Gasteiger charge is -1.89. The molecule has 2 heterocycles. The van der Waals surface area contributed by atoms with Gasteiger partial charge in [-0.2, -0.15) is 8.42 Å². The van der Waals surface area contributed by atoms with E-state index in [1.807, 2.05) is 0 Å². The van der Waals surface area contributed by atoms with Gasteiger partial charge in [0, 0.05) is 5.38 Å². The molecule has 0 atom stereocenters. The van der Waals surface area contributed by atoms with E-state index in [-0.39, 0.29) is 10.2 Å². The minimum absolute atomic E-state index is 0.101. The Balaban J connectivity index is 2.97. The van der Waals surface area contributed by atoms with E-state index in [1.54, 1.807) is 0 Å². The summed E-state index contributed by atoms with van der Waals surface area (Å²) in [7, 11) is -4.81. The Hall–Kier alpha value is -1.28. The highest BCUT2D eigenvalue weighted by molar-refractivity contribution is 7.86. The van der Waals surface area contributed by atoms with Crippen LogP contribution >= 0.6 is 11.3 Å². The summed E-state index contributed by atoms with van der Waals surface area (Å²) in [5.74, 6) is 0. The molecule has 2 rings (SSSR count). The number of thiophene rings is 1. The Kier molecular flexibility index (Phi) is 1.89. The van der Waals surface area contributed by atoms with Crippen molar-refractivity contribution in [3.63, 3.8) is 0 Å².